The first-order valence-corrected chi connectivity index (χ1v) is 9.55. The predicted molar refractivity (Wildman–Crippen MR) is 106 cm³/mol. The Labute approximate surface area is 165 Å². The van der Waals surface area contributed by atoms with Crippen LogP contribution in [0.3, 0.4) is 0 Å². The van der Waals surface area contributed by atoms with E-state index in [0.717, 1.165) is 31.5 Å². The molecule has 0 bridgehead atoms. The van der Waals surface area contributed by atoms with E-state index in [0.29, 0.717) is 24.5 Å². The molecule has 150 valence electrons. The van der Waals surface area contributed by atoms with Gasteiger partial charge in [-0.1, -0.05) is 18.2 Å². The largest absolute Gasteiger partial charge is 0.489 e. The molecule has 2 aromatic carbocycles. The van der Waals surface area contributed by atoms with E-state index in [2.05, 4.69) is 10.6 Å². The molecule has 1 amide bonds. The molecule has 1 aliphatic rings. The third-order valence-electron chi connectivity index (χ3n) is 5.13. The van der Waals surface area contributed by atoms with Crippen molar-refractivity contribution in [3.05, 3.63) is 65.5 Å². The Hall–Kier alpha value is -2.44. The highest BCUT2D eigenvalue weighted by Crippen LogP contribution is 2.28. The van der Waals surface area contributed by atoms with Gasteiger partial charge in [0.15, 0.2) is 0 Å². The number of amides is 1. The molecule has 0 atom stereocenters. The van der Waals surface area contributed by atoms with E-state index < -0.39 is 0 Å². The Kier molecular flexibility index (Phi) is 7.01. The van der Waals surface area contributed by atoms with Gasteiger partial charge in [-0.2, -0.15) is 0 Å². The third-order valence-corrected chi connectivity index (χ3v) is 5.13. The predicted octanol–water partition coefficient (Wildman–Crippen LogP) is 3.15. The summed E-state index contributed by atoms with van der Waals surface area (Å²) in [7, 11) is 1.70. The number of methoxy groups -OCH3 is 1. The number of hydrogen-bond acceptors (Lipinski definition) is 4. The molecule has 0 spiro atoms. The molecule has 5 nitrogen and oxygen atoms in total. The molecule has 2 aromatic rings. The van der Waals surface area contributed by atoms with Crippen LogP contribution in [0, 0.1) is 11.2 Å². The van der Waals surface area contributed by atoms with E-state index in [1.165, 1.54) is 12.1 Å². The van der Waals surface area contributed by atoms with Crippen molar-refractivity contribution in [2.45, 2.75) is 19.4 Å². The molecular formula is C22H27FN2O3. The highest BCUT2D eigenvalue weighted by molar-refractivity contribution is 5.94. The molecule has 6 heteroatoms. The Morgan fingerprint density at radius 2 is 1.96 bits per heavy atom. The molecule has 1 fully saturated rings. The minimum Gasteiger partial charge on any atom is -0.489 e. The summed E-state index contributed by atoms with van der Waals surface area (Å²) >= 11 is 0. The fraction of sp³-hybridized carbons (Fsp3) is 0.409. The summed E-state index contributed by atoms with van der Waals surface area (Å²) in [5.41, 5.74) is 1.42. The number of halogens is 1. The van der Waals surface area contributed by atoms with Gasteiger partial charge in [0.2, 0.25) is 0 Å². The maximum absolute atomic E-state index is 13.2. The van der Waals surface area contributed by atoms with Crippen LogP contribution < -0.4 is 15.4 Å². The third kappa shape index (κ3) is 5.53. The van der Waals surface area contributed by atoms with Crippen LogP contribution in [0.5, 0.6) is 5.75 Å². The van der Waals surface area contributed by atoms with Gasteiger partial charge in [0.1, 0.15) is 18.2 Å². The van der Waals surface area contributed by atoms with Crippen LogP contribution in [0.25, 0.3) is 0 Å². The number of piperidine rings is 1. The summed E-state index contributed by atoms with van der Waals surface area (Å²) in [4.78, 5) is 12.6. The van der Waals surface area contributed by atoms with E-state index in [1.807, 2.05) is 12.1 Å². The molecule has 1 aliphatic heterocycles. The molecule has 0 unspecified atom stereocenters. The van der Waals surface area contributed by atoms with Gasteiger partial charge in [0, 0.05) is 30.7 Å². The van der Waals surface area contributed by atoms with E-state index in [9.17, 15) is 9.18 Å². The van der Waals surface area contributed by atoms with Crippen molar-refractivity contribution in [1.82, 2.24) is 10.6 Å². The lowest BCUT2D eigenvalue weighted by molar-refractivity contribution is 0.0511. The number of carbonyl (C=O) groups is 1. The maximum Gasteiger partial charge on any atom is 0.251 e. The van der Waals surface area contributed by atoms with Crippen LogP contribution in [0.2, 0.25) is 0 Å². The second-order valence-corrected chi connectivity index (χ2v) is 7.31. The number of nitrogens with one attached hydrogen (secondary N) is 2. The zero-order valence-electron chi connectivity index (χ0n) is 16.2. The fourth-order valence-electron chi connectivity index (χ4n) is 3.53. The Balaban J connectivity index is 1.58. The lowest BCUT2D eigenvalue weighted by Crippen LogP contribution is -2.47. The second-order valence-electron chi connectivity index (χ2n) is 7.31. The first kappa shape index (κ1) is 20.3. The number of ether oxygens (including phenoxy) is 2. The molecule has 28 heavy (non-hydrogen) atoms. The van der Waals surface area contributed by atoms with Crippen molar-refractivity contribution in [2.75, 3.05) is 33.4 Å². The van der Waals surface area contributed by atoms with E-state index in [-0.39, 0.29) is 23.7 Å². The zero-order chi connectivity index (χ0) is 19.8. The van der Waals surface area contributed by atoms with Gasteiger partial charge in [-0.15, -0.1) is 0 Å². The summed E-state index contributed by atoms with van der Waals surface area (Å²) in [6.07, 6.45) is 1.95. The molecule has 0 aliphatic carbocycles. The summed E-state index contributed by atoms with van der Waals surface area (Å²) in [6.45, 7) is 3.37. The van der Waals surface area contributed by atoms with Crippen LogP contribution >= 0.6 is 0 Å². The maximum atomic E-state index is 13.2. The van der Waals surface area contributed by atoms with E-state index in [4.69, 9.17) is 9.47 Å². The van der Waals surface area contributed by atoms with Gasteiger partial charge in [-0.3, -0.25) is 4.79 Å². The molecular weight excluding hydrogens is 359 g/mol. The first-order chi connectivity index (χ1) is 13.6. The Morgan fingerprint density at radius 1 is 1.18 bits per heavy atom. The number of carbonyl (C=O) groups excluding carboxylic acids is 1. The van der Waals surface area contributed by atoms with Crippen LogP contribution in [0.4, 0.5) is 4.39 Å². The highest BCUT2D eigenvalue weighted by atomic mass is 19.1. The number of rotatable bonds is 8. The zero-order valence-corrected chi connectivity index (χ0v) is 16.2. The smallest absolute Gasteiger partial charge is 0.251 e. The topological polar surface area (TPSA) is 59.6 Å². The SMILES string of the molecule is COCC1(CNC(=O)c2cccc(COc3cccc(F)c3)c2)CCNCC1. The Bertz CT molecular complexity index is 785. The van der Waals surface area contributed by atoms with Gasteiger partial charge in [0.25, 0.3) is 5.91 Å². The minimum atomic E-state index is -0.339. The van der Waals surface area contributed by atoms with Crippen LogP contribution in [-0.4, -0.2) is 39.3 Å². The van der Waals surface area contributed by atoms with Gasteiger partial charge >= 0.3 is 0 Å². The van der Waals surface area contributed by atoms with Gasteiger partial charge in [0.05, 0.1) is 6.61 Å². The van der Waals surface area contributed by atoms with Crippen LogP contribution in [0.1, 0.15) is 28.8 Å². The van der Waals surface area contributed by atoms with Crippen LogP contribution in [0.15, 0.2) is 48.5 Å². The summed E-state index contributed by atoms with van der Waals surface area (Å²) in [5, 5.41) is 6.42. The van der Waals surface area contributed by atoms with Crippen molar-refractivity contribution in [3.63, 3.8) is 0 Å². The van der Waals surface area contributed by atoms with Crippen molar-refractivity contribution >= 4 is 5.91 Å². The number of benzene rings is 2. The normalized spacial score (nSPS) is 15.8. The lowest BCUT2D eigenvalue weighted by Gasteiger charge is -2.37. The average molecular weight is 386 g/mol. The molecule has 1 heterocycles. The fourth-order valence-corrected chi connectivity index (χ4v) is 3.53. The van der Waals surface area contributed by atoms with Gasteiger partial charge < -0.3 is 20.1 Å². The van der Waals surface area contributed by atoms with Crippen molar-refractivity contribution < 1.29 is 18.7 Å². The monoisotopic (exact) mass is 386 g/mol. The first-order valence-electron chi connectivity index (χ1n) is 9.55. The summed E-state index contributed by atoms with van der Waals surface area (Å²) in [5.74, 6) is 0.0115. The van der Waals surface area contributed by atoms with Crippen molar-refractivity contribution in [1.29, 1.82) is 0 Å². The van der Waals surface area contributed by atoms with Crippen molar-refractivity contribution in [3.8, 4) is 5.75 Å². The summed E-state index contributed by atoms with van der Waals surface area (Å²) < 4.78 is 24.3. The second kappa shape index (κ2) is 9.66. The molecule has 2 N–H and O–H groups in total. The van der Waals surface area contributed by atoms with Crippen molar-refractivity contribution in [2.24, 2.45) is 5.41 Å². The molecule has 0 saturated carbocycles. The molecule has 3 rings (SSSR count). The quantitative estimate of drug-likeness (QED) is 0.732. The summed E-state index contributed by atoms with van der Waals surface area (Å²) in [6, 6.07) is 13.3. The number of hydrogen-bond donors (Lipinski definition) is 2. The minimum absolute atomic E-state index is 0.0201. The van der Waals surface area contributed by atoms with Crippen LogP contribution in [-0.2, 0) is 11.3 Å². The Morgan fingerprint density at radius 3 is 2.71 bits per heavy atom. The standard InChI is InChI=1S/C22H27FN2O3/c1-27-16-22(8-10-24-11-9-22)15-25-21(26)18-5-2-4-17(12-18)14-28-20-7-3-6-19(23)13-20/h2-7,12-13,24H,8-11,14-16H2,1H3,(H,25,26). The highest BCUT2D eigenvalue weighted by Gasteiger charge is 2.32. The molecule has 0 aromatic heterocycles. The van der Waals surface area contributed by atoms with Gasteiger partial charge in [-0.05, 0) is 55.8 Å². The van der Waals surface area contributed by atoms with E-state index >= 15 is 0 Å². The lowest BCUT2D eigenvalue weighted by atomic mass is 9.79. The average Bonchev–Trinajstić information content (AvgIpc) is 2.72. The van der Waals surface area contributed by atoms with Gasteiger partial charge in [-0.25, -0.2) is 4.39 Å². The molecule has 1 saturated heterocycles. The van der Waals surface area contributed by atoms with E-state index in [1.54, 1.807) is 31.4 Å². The molecule has 0 radical (unpaired) electrons.